The van der Waals surface area contributed by atoms with Crippen LogP contribution < -0.4 is 16.4 Å². The fraction of sp³-hybridized carbons (Fsp3) is 0.867. The van der Waals surface area contributed by atoms with Crippen LogP contribution in [-0.2, 0) is 19.0 Å². The van der Waals surface area contributed by atoms with Crippen LogP contribution in [0.4, 0.5) is 4.79 Å². The summed E-state index contributed by atoms with van der Waals surface area (Å²) in [6.45, 7) is 0.565. The van der Waals surface area contributed by atoms with Gasteiger partial charge in [-0.05, 0) is 12.8 Å². The second-order valence-electron chi connectivity index (χ2n) is 6.47. The molecule has 0 radical (unpaired) electrons. The molecule has 130 valence electrons. The van der Waals surface area contributed by atoms with Crippen LogP contribution in [0.3, 0.4) is 0 Å². The third-order valence-corrected chi connectivity index (χ3v) is 4.70. The molecule has 3 amide bonds. The van der Waals surface area contributed by atoms with Crippen LogP contribution in [0.15, 0.2) is 0 Å². The van der Waals surface area contributed by atoms with E-state index in [1.54, 1.807) is 0 Å². The van der Waals surface area contributed by atoms with E-state index >= 15 is 0 Å². The lowest BCUT2D eigenvalue weighted by molar-refractivity contribution is -0.126. The fourth-order valence-electron chi connectivity index (χ4n) is 3.56. The molecular weight excluding hydrogens is 302 g/mol. The van der Waals surface area contributed by atoms with Gasteiger partial charge in [-0.1, -0.05) is 19.3 Å². The number of hydrogen-bond donors (Lipinski definition) is 3. The van der Waals surface area contributed by atoms with Crippen molar-refractivity contribution in [2.45, 2.75) is 62.5 Å². The molecule has 1 aliphatic carbocycles. The minimum atomic E-state index is -0.520. The number of fused-ring (bicyclic) bond motifs is 1. The number of amides is 3. The SMILES string of the molecule is NC(=O)COC1COC2C(NC(=O)NC3CCCCC3)COC12. The smallest absolute Gasteiger partial charge is 0.315 e. The third kappa shape index (κ3) is 4.13. The van der Waals surface area contributed by atoms with Crippen molar-refractivity contribution in [3.05, 3.63) is 0 Å². The standard InChI is InChI=1S/C15H25N3O5/c16-12(19)8-21-11-7-23-13-10(6-22-14(11)13)18-15(20)17-9-4-2-1-3-5-9/h9-11,13-14H,1-8H2,(H2,16,19)(H2,17,18,20). The largest absolute Gasteiger partial charge is 0.370 e. The first-order chi connectivity index (χ1) is 11.1. The van der Waals surface area contributed by atoms with E-state index in [1.807, 2.05) is 0 Å². The molecule has 1 saturated carbocycles. The molecule has 0 bridgehead atoms. The number of urea groups is 1. The van der Waals surface area contributed by atoms with E-state index in [9.17, 15) is 9.59 Å². The zero-order chi connectivity index (χ0) is 16.2. The van der Waals surface area contributed by atoms with Crippen LogP contribution in [0.2, 0.25) is 0 Å². The molecule has 3 rings (SSSR count). The molecule has 4 atom stereocenters. The monoisotopic (exact) mass is 327 g/mol. The summed E-state index contributed by atoms with van der Waals surface area (Å²) < 4.78 is 16.8. The van der Waals surface area contributed by atoms with Crippen molar-refractivity contribution in [3.63, 3.8) is 0 Å². The second-order valence-corrected chi connectivity index (χ2v) is 6.47. The number of carbonyl (C=O) groups excluding carboxylic acids is 2. The summed E-state index contributed by atoms with van der Waals surface area (Å²) in [6, 6.07) is -0.111. The highest BCUT2D eigenvalue weighted by Crippen LogP contribution is 2.28. The van der Waals surface area contributed by atoms with Gasteiger partial charge in [0.15, 0.2) is 0 Å². The number of rotatable bonds is 5. The predicted molar refractivity (Wildman–Crippen MR) is 80.7 cm³/mol. The molecule has 2 heterocycles. The van der Waals surface area contributed by atoms with Gasteiger partial charge in [0.2, 0.25) is 5.91 Å². The summed E-state index contributed by atoms with van der Waals surface area (Å²) >= 11 is 0. The number of carbonyl (C=O) groups is 2. The molecule has 23 heavy (non-hydrogen) atoms. The van der Waals surface area contributed by atoms with E-state index in [1.165, 1.54) is 19.3 Å². The Balaban J connectivity index is 1.45. The Morgan fingerprint density at radius 3 is 2.52 bits per heavy atom. The number of hydrogen-bond acceptors (Lipinski definition) is 5. The van der Waals surface area contributed by atoms with Gasteiger partial charge in [-0.25, -0.2) is 4.79 Å². The van der Waals surface area contributed by atoms with Gasteiger partial charge in [-0.3, -0.25) is 4.79 Å². The Kier molecular flexibility index (Phi) is 5.34. The van der Waals surface area contributed by atoms with E-state index in [0.717, 1.165) is 12.8 Å². The van der Waals surface area contributed by atoms with Crippen molar-refractivity contribution >= 4 is 11.9 Å². The van der Waals surface area contributed by atoms with E-state index in [2.05, 4.69) is 10.6 Å². The van der Waals surface area contributed by atoms with Gasteiger partial charge in [0.25, 0.3) is 0 Å². The Bertz CT molecular complexity index is 441. The molecule has 0 aromatic rings. The van der Waals surface area contributed by atoms with Crippen molar-refractivity contribution < 1.29 is 23.8 Å². The summed E-state index contributed by atoms with van der Waals surface area (Å²) in [6.07, 6.45) is 4.84. The lowest BCUT2D eigenvalue weighted by atomic mass is 9.96. The maximum atomic E-state index is 12.1. The molecule has 3 fully saturated rings. The Morgan fingerprint density at radius 1 is 1.04 bits per heavy atom. The van der Waals surface area contributed by atoms with Crippen molar-refractivity contribution in [2.24, 2.45) is 5.73 Å². The van der Waals surface area contributed by atoms with E-state index in [-0.39, 0.29) is 43.0 Å². The maximum Gasteiger partial charge on any atom is 0.315 e. The third-order valence-electron chi connectivity index (χ3n) is 4.70. The van der Waals surface area contributed by atoms with Gasteiger partial charge in [0, 0.05) is 6.04 Å². The van der Waals surface area contributed by atoms with Crippen LogP contribution >= 0.6 is 0 Å². The highest BCUT2D eigenvalue weighted by Gasteiger charge is 2.48. The van der Waals surface area contributed by atoms with Gasteiger partial charge in [-0.2, -0.15) is 0 Å². The van der Waals surface area contributed by atoms with Crippen molar-refractivity contribution in [2.75, 3.05) is 19.8 Å². The molecule has 2 saturated heterocycles. The van der Waals surface area contributed by atoms with Crippen molar-refractivity contribution in [1.82, 2.24) is 10.6 Å². The maximum absolute atomic E-state index is 12.1. The van der Waals surface area contributed by atoms with Crippen molar-refractivity contribution in [3.8, 4) is 0 Å². The Morgan fingerprint density at radius 2 is 1.78 bits per heavy atom. The average Bonchev–Trinajstić information content (AvgIpc) is 3.09. The van der Waals surface area contributed by atoms with Crippen LogP contribution in [0.1, 0.15) is 32.1 Å². The van der Waals surface area contributed by atoms with Crippen molar-refractivity contribution in [1.29, 1.82) is 0 Å². The molecule has 0 aromatic carbocycles. The van der Waals surface area contributed by atoms with E-state index in [4.69, 9.17) is 19.9 Å². The molecule has 3 aliphatic rings. The topological polar surface area (TPSA) is 112 Å². The number of nitrogens with two attached hydrogens (primary N) is 1. The summed E-state index contributed by atoms with van der Waals surface area (Å²) in [5, 5.41) is 5.96. The minimum Gasteiger partial charge on any atom is -0.370 e. The van der Waals surface area contributed by atoms with Gasteiger partial charge < -0.3 is 30.6 Å². The zero-order valence-corrected chi connectivity index (χ0v) is 13.2. The fourth-order valence-corrected chi connectivity index (χ4v) is 3.56. The summed E-state index contributed by atoms with van der Waals surface area (Å²) in [5.74, 6) is -0.520. The lowest BCUT2D eigenvalue weighted by Crippen LogP contribution is -2.51. The highest BCUT2D eigenvalue weighted by molar-refractivity contribution is 5.75. The van der Waals surface area contributed by atoms with Gasteiger partial charge in [0.05, 0.1) is 19.3 Å². The van der Waals surface area contributed by atoms with Crippen LogP contribution in [0.5, 0.6) is 0 Å². The number of primary amides is 1. The zero-order valence-electron chi connectivity index (χ0n) is 13.2. The number of nitrogens with one attached hydrogen (secondary N) is 2. The van der Waals surface area contributed by atoms with Crippen LogP contribution in [0.25, 0.3) is 0 Å². The average molecular weight is 327 g/mol. The van der Waals surface area contributed by atoms with Gasteiger partial charge in [-0.15, -0.1) is 0 Å². The summed E-state index contributed by atoms with van der Waals surface area (Å²) in [7, 11) is 0. The first-order valence-electron chi connectivity index (χ1n) is 8.33. The molecule has 4 N–H and O–H groups in total. The molecule has 8 heteroatoms. The molecule has 0 aromatic heterocycles. The molecule has 4 unspecified atom stereocenters. The van der Waals surface area contributed by atoms with Crippen LogP contribution in [0, 0.1) is 0 Å². The molecule has 0 spiro atoms. The number of ether oxygens (including phenoxy) is 3. The van der Waals surface area contributed by atoms with Gasteiger partial charge >= 0.3 is 6.03 Å². The Labute approximate surface area is 135 Å². The second kappa shape index (κ2) is 7.46. The minimum absolute atomic E-state index is 0.152. The van der Waals surface area contributed by atoms with Crippen LogP contribution in [-0.4, -0.2) is 62.2 Å². The normalized spacial score (nSPS) is 34.1. The molecule has 8 nitrogen and oxygen atoms in total. The molecule has 2 aliphatic heterocycles. The van der Waals surface area contributed by atoms with Gasteiger partial charge in [0.1, 0.15) is 24.9 Å². The quantitative estimate of drug-likeness (QED) is 0.639. The van der Waals surface area contributed by atoms with E-state index in [0.29, 0.717) is 13.2 Å². The first-order valence-corrected chi connectivity index (χ1v) is 8.33. The van der Waals surface area contributed by atoms with E-state index < -0.39 is 5.91 Å². The highest BCUT2D eigenvalue weighted by atomic mass is 16.6. The molecular formula is C15H25N3O5. The lowest BCUT2D eigenvalue weighted by Gasteiger charge is -2.24. The first kappa shape index (κ1) is 16.5. The Hall–Kier alpha value is -1.38. The predicted octanol–water partition coefficient (Wildman–Crippen LogP) is -0.345. The summed E-state index contributed by atoms with van der Waals surface area (Å²) in [4.78, 5) is 22.9. The summed E-state index contributed by atoms with van der Waals surface area (Å²) in [5.41, 5.74) is 5.08.